The van der Waals surface area contributed by atoms with Crippen LogP contribution in [0.5, 0.6) is 0 Å². The summed E-state index contributed by atoms with van der Waals surface area (Å²) in [6, 6.07) is 0. The molecule has 1 atom stereocenters. The van der Waals surface area contributed by atoms with Gasteiger partial charge < -0.3 is 20.5 Å². The molecular weight excluding hydrogens is 196 g/mol. The van der Waals surface area contributed by atoms with Crippen LogP contribution in [-0.4, -0.2) is 38.0 Å². The fraction of sp³-hybridized carbons (Fsp3) is 0.900. The molecule has 0 aliphatic carbocycles. The lowest BCUT2D eigenvalue weighted by molar-refractivity contribution is 0.0450. The number of rotatable bonds is 5. The van der Waals surface area contributed by atoms with E-state index >= 15 is 0 Å². The van der Waals surface area contributed by atoms with Crippen molar-refractivity contribution in [2.75, 3.05) is 20.2 Å². The monoisotopic (exact) mass is 218 g/mol. The number of nitrogens with two attached hydrogens (primary N) is 1. The molecule has 1 amide bonds. The van der Waals surface area contributed by atoms with E-state index in [0.717, 1.165) is 0 Å². The molecule has 90 valence electrons. The van der Waals surface area contributed by atoms with Gasteiger partial charge >= 0.3 is 6.09 Å². The summed E-state index contributed by atoms with van der Waals surface area (Å²) in [6.07, 6.45) is 0.232. The minimum absolute atomic E-state index is 0.0532. The molecular formula is C10H22N2O3. The van der Waals surface area contributed by atoms with Gasteiger partial charge in [0.25, 0.3) is 0 Å². The standard InChI is InChI=1S/C10H22N2O3/c1-10(2,3)15-9(13)12-7-8(14-4)5-6-11/h8H,5-7,11H2,1-4H3,(H,12,13). The molecule has 15 heavy (non-hydrogen) atoms. The normalized spacial score (nSPS) is 13.4. The van der Waals surface area contributed by atoms with Crippen molar-refractivity contribution in [3.8, 4) is 0 Å². The van der Waals surface area contributed by atoms with E-state index in [9.17, 15) is 4.79 Å². The van der Waals surface area contributed by atoms with E-state index < -0.39 is 11.7 Å². The largest absolute Gasteiger partial charge is 0.444 e. The Morgan fingerprint density at radius 3 is 2.47 bits per heavy atom. The first-order chi connectivity index (χ1) is 6.89. The second-order valence-electron chi connectivity index (χ2n) is 4.32. The van der Waals surface area contributed by atoms with Crippen LogP contribution in [0.2, 0.25) is 0 Å². The third-order valence-corrected chi connectivity index (χ3v) is 1.69. The summed E-state index contributed by atoms with van der Waals surface area (Å²) in [6.45, 7) is 6.41. The zero-order valence-electron chi connectivity index (χ0n) is 10.0. The second-order valence-corrected chi connectivity index (χ2v) is 4.32. The maximum Gasteiger partial charge on any atom is 0.407 e. The van der Waals surface area contributed by atoms with Gasteiger partial charge in [-0.2, -0.15) is 0 Å². The Morgan fingerprint density at radius 2 is 2.07 bits per heavy atom. The molecule has 1 unspecified atom stereocenters. The van der Waals surface area contributed by atoms with Gasteiger partial charge in [0.05, 0.1) is 6.10 Å². The quantitative estimate of drug-likeness (QED) is 0.718. The summed E-state index contributed by atoms with van der Waals surface area (Å²) in [4.78, 5) is 11.3. The van der Waals surface area contributed by atoms with E-state index in [0.29, 0.717) is 19.5 Å². The van der Waals surface area contributed by atoms with E-state index in [-0.39, 0.29) is 6.10 Å². The van der Waals surface area contributed by atoms with E-state index in [1.807, 2.05) is 20.8 Å². The number of ether oxygens (including phenoxy) is 2. The van der Waals surface area contributed by atoms with Crippen molar-refractivity contribution in [2.24, 2.45) is 5.73 Å². The number of amides is 1. The van der Waals surface area contributed by atoms with Crippen LogP contribution in [0.15, 0.2) is 0 Å². The first-order valence-electron chi connectivity index (χ1n) is 5.08. The predicted octanol–water partition coefficient (Wildman–Crippen LogP) is 0.875. The molecule has 0 aromatic carbocycles. The Labute approximate surface area is 91.3 Å². The lowest BCUT2D eigenvalue weighted by Gasteiger charge is -2.21. The number of carbonyl (C=O) groups is 1. The fourth-order valence-electron chi connectivity index (χ4n) is 1.00. The van der Waals surface area contributed by atoms with Crippen LogP contribution < -0.4 is 11.1 Å². The Balaban J connectivity index is 3.78. The number of hydrogen-bond donors (Lipinski definition) is 2. The Morgan fingerprint density at radius 1 is 1.47 bits per heavy atom. The molecule has 5 nitrogen and oxygen atoms in total. The molecule has 0 spiro atoms. The molecule has 3 N–H and O–H groups in total. The number of nitrogens with one attached hydrogen (secondary N) is 1. The highest BCUT2D eigenvalue weighted by Gasteiger charge is 2.16. The summed E-state index contributed by atoms with van der Waals surface area (Å²) in [5, 5.41) is 2.63. The molecule has 0 fully saturated rings. The van der Waals surface area contributed by atoms with Crippen LogP contribution in [0.4, 0.5) is 4.79 Å². The molecule has 0 saturated heterocycles. The molecule has 0 saturated carbocycles. The van der Waals surface area contributed by atoms with Crippen LogP contribution in [0, 0.1) is 0 Å². The van der Waals surface area contributed by atoms with Crippen molar-refractivity contribution < 1.29 is 14.3 Å². The van der Waals surface area contributed by atoms with Crippen LogP contribution in [0.1, 0.15) is 27.2 Å². The van der Waals surface area contributed by atoms with Crippen molar-refractivity contribution in [1.29, 1.82) is 0 Å². The van der Waals surface area contributed by atoms with Gasteiger partial charge in [-0.1, -0.05) is 0 Å². The highest BCUT2D eigenvalue weighted by atomic mass is 16.6. The molecule has 5 heteroatoms. The zero-order chi connectivity index (χ0) is 11.9. The lowest BCUT2D eigenvalue weighted by Crippen LogP contribution is -2.38. The van der Waals surface area contributed by atoms with Gasteiger partial charge in [0.2, 0.25) is 0 Å². The number of carbonyl (C=O) groups excluding carboxylic acids is 1. The molecule has 0 bridgehead atoms. The minimum Gasteiger partial charge on any atom is -0.444 e. The van der Waals surface area contributed by atoms with Gasteiger partial charge in [0.15, 0.2) is 0 Å². The van der Waals surface area contributed by atoms with Gasteiger partial charge in [-0.25, -0.2) is 4.79 Å². The van der Waals surface area contributed by atoms with Gasteiger partial charge in [-0.15, -0.1) is 0 Å². The number of methoxy groups -OCH3 is 1. The van der Waals surface area contributed by atoms with Crippen LogP contribution in [0.3, 0.4) is 0 Å². The summed E-state index contributed by atoms with van der Waals surface area (Å²) in [7, 11) is 1.59. The highest BCUT2D eigenvalue weighted by Crippen LogP contribution is 2.06. The minimum atomic E-state index is -0.472. The third-order valence-electron chi connectivity index (χ3n) is 1.69. The molecule has 0 rings (SSSR count). The van der Waals surface area contributed by atoms with Crippen LogP contribution in [-0.2, 0) is 9.47 Å². The van der Waals surface area contributed by atoms with Gasteiger partial charge in [0, 0.05) is 13.7 Å². The van der Waals surface area contributed by atoms with Crippen molar-refractivity contribution in [3.63, 3.8) is 0 Å². The maximum atomic E-state index is 11.3. The SMILES string of the molecule is COC(CCN)CNC(=O)OC(C)(C)C. The van der Waals surface area contributed by atoms with Gasteiger partial charge in [-0.05, 0) is 33.7 Å². The Kier molecular flexibility index (Phi) is 6.27. The number of hydrogen-bond acceptors (Lipinski definition) is 4. The summed E-state index contributed by atoms with van der Waals surface area (Å²) < 4.78 is 10.2. The van der Waals surface area contributed by atoms with E-state index in [2.05, 4.69) is 5.32 Å². The van der Waals surface area contributed by atoms with Crippen molar-refractivity contribution >= 4 is 6.09 Å². The molecule has 0 radical (unpaired) electrons. The van der Waals surface area contributed by atoms with Crippen molar-refractivity contribution in [1.82, 2.24) is 5.32 Å². The average Bonchev–Trinajstić information content (AvgIpc) is 2.09. The summed E-state index contributed by atoms with van der Waals surface area (Å²) in [5.74, 6) is 0. The lowest BCUT2D eigenvalue weighted by atomic mass is 10.2. The van der Waals surface area contributed by atoms with Gasteiger partial charge in [0.1, 0.15) is 5.60 Å². The first kappa shape index (κ1) is 14.2. The third kappa shape index (κ3) is 8.20. The van der Waals surface area contributed by atoms with Crippen LogP contribution in [0.25, 0.3) is 0 Å². The number of alkyl carbamates (subject to hydrolysis) is 1. The second kappa shape index (κ2) is 6.63. The van der Waals surface area contributed by atoms with E-state index in [1.165, 1.54) is 0 Å². The van der Waals surface area contributed by atoms with Crippen molar-refractivity contribution in [2.45, 2.75) is 38.9 Å². The topological polar surface area (TPSA) is 73.6 Å². The summed E-state index contributed by atoms with van der Waals surface area (Å²) in [5.41, 5.74) is 4.92. The smallest absolute Gasteiger partial charge is 0.407 e. The molecule has 0 aliphatic rings. The van der Waals surface area contributed by atoms with Crippen molar-refractivity contribution in [3.05, 3.63) is 0 Å². The molecule has 0 heterocycles. The van der Waals surface area contributed by atoms with Crippen LogP contribution >= 0.6 is 0 Å². The maximum absolute atomic E-state index is 11.3. The Bertz CT molecular complexity index is 190. The molecule has 0 aliphatic heterocycles. The first-order valence-corrected chi connectivity index (χ1v) is 5.08. The van der Waals surface area contributed by atoms with Gasteiger partial charge in [-0.3, -0.25) is 0 Å². The molecule has 0 aromatic heterocycles. The predicted molar refractivity (Wildman–Crippen MR) is 58.7 cm³/mol. The molecule has 0 aromatic rings. The van der Waals surface area contributed by atoms with E-state index in [1.54, 1.807) is 7.11 Å². The van der Waals surface area contributed by atoms with E-state index in [4.69, 9.17) is 15.2 Å². The highest BCUT2D eigenvalue weighted by molar-refractivity contribution is 5.67. The summed E-state index contributed by atoms with van der Waals surface area (Å²) >= 11 is 0. The fourth-order valence-corrected chi connectivity index (χ4v) is 1.00. The zero-order valence-corrected chi connectivity index (χ0v) is 10.0. The average molecular weight is 218 g/mol. The Hall–Kier alpha value is -0.810.